The van der Waals surface area contributed by atoms with E-state index in [0.29, 0.717) is 12.0 Å². The van der Waals surface area contributed by atoms with E-state index in [-0.39, 0.29) is 0 Å². The molecule has 0 spiro atoms. The largest absolute Gasteiger partial charge is 0.331 e. The van der Waals surface area contributed by atoms with Gasteiger partial charge in [-0.05, 0) is 37.4 Å². The summed E-state index contributed by atoms with van der Waals surface area (Å²) in [5.74, 6) is 1.89. The molecule has 0 aliphatic heterocycles. The van der Waals surface area contributed by atoms with E-state index in [1.54, 1.807) is 0 Å². The number of benzene rings is 1. The molecule has 20 heavy (non-hydrogen) atoms. The molecular formula is C17H27N3. The maximum absolute atomic E-state index is 4.74. The van der Waals surface area contributed by atoms with Gasteiger partial charge in [0.15, 0.2) is 0 Å². The highest BCUT2D eigenvalue weighted by Crippen LogP contribution is 2.17. The Bertz CT molecular complexity index is 542. The first-order chi connectivity index (χ1) is 9.63. The molecule has 3 heteroatoms. The van der Waals surface area contributed by atoms with Crippen LogP contribution in [0.4, 0.5) is 0 Å². The summed E-state index contributed by atoms with van der Waals surface area (Å²) in [5.41, 5.74) is 2.34. The van der Waals surface area contributed by atoms with Crippen LogP contribution in [-0.4, -0.2) is 22.1 Å². The Hall–Kier alpha value is -1.35. The molecule has 1 unspecified atom stereocenters. The SMILES string of the molecule is CCNC(CCCc1nc2ccccc2n1C)C(C)C. The Morgan fingerprint density at radius 3 is 2.65 bits per heavy atom. The normalized spacial score (nSPS) is 13.2. The molecule has 0 fully saturated rings. The number of rotatable bonds is 7. The first-order valence-electron chi connectivity index (χ1n) is 7.77. The summed E-state index contributed by atoms with van der Waals surface area (Å²) >= 11 is 0. The van der Waals surface area contributed by atoms with Gasteiger partial charge >= 0.3 is 0 Å². The van der Waals surface area contributed by atoms with Gasteiger partial charge < -0.3 is 9.88 Å². The second kappa shape index (κ2) is 6.89. The van der Waals surface area contributed by atoms with Crippen molar-refractivity contribution in [2.75, 3.05) is 6.54 Å². The molecule has 3 nitrogen and oxygen atoms in total. The summed E-state index contributed by atoms with van der Waals surface area (Å²) in [6, 6.07) is 8.98. The fraction of sp³-hybridized carbons (Fsp3) is 0.588. The van der Waals surface area contributed by atoms with E-state index in [9.17, 15) is 0 Å². The van der Waals surface area contributed by atoms with Crippen LogP contribution in [0.2, 0.25) is 0 Å². The highest BCUT2D eigenvalue weighted by atomic mass is 15.1. The minimum atomic E-state index is 0.620. The van der Waals surface area contributed by atoms with Crippen molar-refractivity contribution < 1.29 is 0 Å². The second-order valence-electron chi connectivity index (χ2n) is 5.88. The molecule has 0 saturated carbocycles. The zero-order valence-corrected chi connectivity index (χ0v) is 13.2. The van der Waals surface area contributed by atoms with Gasteiger partial charge in [-0.3, -0.25) is 0 Å². The quantitative estimate of drug-likeness (QED) is 0.836. The van der Waals surface area contributed by atoms with Gasteiger partial charge in [0.25, 0.3) is 0 Å². The maximum atomic E-state index is 4.74. The van der Waals surface area contributed by atoms with Crippen molar-refractivity contribution in [3.05, 3.63) is 30.1 Å². The van der Waals surface area contributed by atoms with Crippen LogP contribution in [0.25, 0.3) is 11.0 Å². The van der Waals surface area contributed by atoms with Crippen LogP contribution >= 0.6 is 0 Å². The first kappa shape index (κ1) is 15.0. The third kappa shape index (κ3) is 3.40. The number of imidazole rings is 1. The van der Waals surface area contributed by atoms with Crippen molar-refractivity contribution in [3.8, 4) is 0 Å². The highest BCUT2D eigenvalue weighted by Gasteiger charge is 2.12. The van der Waals surface area contributed by atoms with Crippen molar-refractivity contribution >= 4 is 11.0 Å². The van der Waals surface area contributed by atoms with Crippen molar-refractivity contribution in [2.45, 2.75) is 46.1 Å². The van der Waals surface area contributed by atoms with E-state index < -0.39 is 0 Å². The van der Waals surface area contributed by atoms with Crippen LogP contribution in [-0.2, 0) is 13.5 Å². The number of fused-ring (bicyclic) bond motifs is 1. The van der Waals surface area contributed by atoms with Gasteiger partial charge in [0.05, 0.1) is 11.0 Å². The standard InChI is InChI=1S/C17H27N3/c1-5-18-14(13(2)3)10-8-12-17-19-15-9-6-7-11-16(15)20(17)4/h6-7,9,11,13-14,18H,5,8,10,12H2,1-4H3. The molecule has 1 N–H and O–H groups in total. The maximum Gasteiger partial charge on any atom is 0.109 e. The predicted molar refractivity (Wildman–Crippen MR) is 86.0 cm³/mol. The first-order valence-corrected chi connectivity index (χ1v) is 7.77. The minimum Gasteiger partial charge on any atom is -0.331 e. The summed E-state index contributed by atoms with van der Waals surface area (Å²) in [4.78, 5) is 4.74. The monoisotopic (exact) mass is 273 g/mol. The predicted octanol–water partition coefficient (Wildman–Crippen LogP) is 3.53. The number of nitrogens with one attached hydrogen (secondary N) is 1. The van der Waals surface area contributed by atoms with Crippen LogP contribution in [0.1, 0.15) is 39.4 Å². The van der Waals surface area contributed by atoms with Gasteiger partial charge in [0, 0.05) is 19.5 Å². The second-order valence-corrected chi connectivity index (χ2v) is 5.88. The lowest BCUT2D eigenvalue weighted by Crippen LogP contribution is -2.33. The number of aryl methyl sites for hydroxylation is 2. The van der Waals surface area contributed by atoms with E-state index in [1.165, 1.54) is 24.2 Å². The van der Waals surface area contributed by atoms with Gasteiger partial charge in [-0.1, -0.05) is 32.9 Å². The van der Waals surface area contributed by atoms with Crippen molar-refractivity contribution in [3.63, 3.8) is 0 Å². The van der Waals surface area contributed by atoms with Gasteiger partial charge in [-0.2, -0.15) is 0 Å². The smallest absolute Gasteiger partial charge is 0.109 e. The lowest BCUT2D eigenvalue weighted by atomic mass is 9.98. The summed E-state index contributed by atoms with van der Waals surface area (Å²) in [6.07, 6.45) is 3.46. The third-order valence-electron chi connectivity index (χ3n) is 4.07. The molecule has 0 radical (unpaired) electrons. The summed E-state index contributed by atoms with van der Waals surface area (Å²) in [5, 5.41) is 3.58. The summed E-state index contributed by atoms with van der Waals surface area (Å²) in [7, 11) is 2.12. The van der Waals surface area contributed by atoms with E-state index >= 15 is 0 Å². The Balaban J connectivity index is 1.97. The van der Waals surface area contributed by atoms with Gasteiger partial charge in [-0.25, -0.2) is 4.98 Å². The van der Waals surface area contributed by atoms with Crippen molar-refractivity contribution in [1.29, 1.82) is 0 Å². The average Bonchev–Trinajstić information content (AvgIpc) is 2.75. The number of nitrogens with zero attached hydrogens (tertiary/aromatic N) is 2. The zero-order valence-electron chi connectivity index (χ0n) is 13.2. The van der Waals surface area contributed by atoms with E-state index in [2.05, 4.69) is 62.0 Å². The van der Waals surface area contributed by atoms with Gasteiger partial charge in [0.2, 0.25) is 0 Å². The Morgan fingerprint density at radius 2 is 2.00 bits per heavy atom. The molecule has 110 valence electrons. The Labute approximate surface area is 122 Å². The molecule has 2 aromatic rings. The highest BCUT2D eigenvalue weighted by molar-refractivity contribution is 5.75. The fourth-order valence-corrected chi connectivity index (χ4v) is 2.83. The number of hydrogen-bond donors (Lipinski definition) is 1. The molecule has 0 aliphatic rings. The van der Waals surface area contributed by atoms with Crippen molar-refractivity contribution in [1.82, 2.24) is 14.9 Å². The van der Waals surface area contributed by atoms with E-state index in [4.69, 9.17) is 4.98 Å². The zero-order chi connectivity index (χ0) is 14.5. The van der Waals surface area contributed by atoms with Crippen LogP contribution in [0.3, 0.4) is 0 Å². The lowest BCUT2D eigenvalue weighted by molar-refractivity contribution is 0.375. The van der Waals surface area contributed by atoms with E-state index in [1.807, 2.05) is 0 Å². The molecule has 1 atom stereocenters. The number of hydrogen-bond acceptors (Lipinski definition) is 2. The lowest BCUT2D eigenvalue weighted by Gasteiger charge is -2.21. The molecular weight excluding hydrogens is 246 g/mol. The fourth-order valence-electron chi connectivity index (χ4n) is 2.83. The van der Waals surface area contributed by atoms with Gasteiger partial charge in [0.1, 0.15) is 5.82 Å². The molecule has 1 aromatic carbocycles. The molecule has 2 rings (SSSR count). The summed E-state index contributed by atoms with van der Waals surface area (Å²) in [6.45, 7) is 7.82. The van der Waals surface area contributed by atoms with Gasteiger partial charge in [-0.15, -0.1) is 0 Å². The topological polar surface area (TPSA) is 29.9 Å². The molecule has 1 aromatic heterocycles. The molecule has 0 bridgehead atoms. The van der Waals surface area contributed by atoms with Crippen molar-refractivity contribution in [2.24, 2.45) is 13.0 Å². The Morgan fingerprint density at radius 1 is 1.25 bits per heavy atom. The van der Waals surface area contributed by atoms with Crippen LogP contribution < -0.4 is 5.32 Å². The number of aromatic nitrogens is 2. The molecule has 0 amide bonds. The summed E-state index contributed by atoms with van der Waals surface area (Å²) < 4.78 is 2.23. The molecule has 1 heterocycles. The minimum absolute atomic E-state index is 0.620. The Kier molecular flexibility index (Phi) is 5.18. The van der Waals surface area contributed by atoms with Crippen LogP contribution in [0.5, 0.6) is 0 Å². The third-order valence-corrected chi connectivity index (χ3v) is 4.07. The van der Waals surface area contributed by atoms with Crippen LogP contribution in [0, 0.1) is 5.92 Å². The van der Waals surface area contributed by atoms with E-state index in [0.717, 1.165) is 18.5 Å². The molecule has 0 saturated heterocycles. The number of para-hydroxylation sites is 2. The average molecular weight is 273 g/mol. The van der Waals surface area contributed by atoms with Crippen LogP contribution in [0.15, 0.2) is 24.3 Å². The molecule has 0 aliphatic carbocycles.